The normalized spacial score (nSPS) is 31.7. The molecule has 0 aromatic heterocycles. The number of hydrogen-bond donors (Lipinski definition) is 2. The predicted octanol–water partition coefficient (Wildman–Crippen LogP) is 3.42. The molecule has 2 N–H and O–H groups in total. The van der Waals surface area contributed by atoms with Crippen LogP contribution < -0.4 is 10.6 Å². The Morgan fingerprint density at radius 3 is 2.79 bits per heavy atom. The molecule has 3 heteroatoms. The van der Waals surface area contributed by atoms with Crippen LogP contribution in [0.15, 0.2) is 0 Å². The van der Waals surface area contributed by atoms with Gasteiger partial charge in [0, 0.05) is 12.1 Å². The number of hydrogen-bond acceptors (Lipinski definition) is 3. The molecule has 1 saturated carbocycles. The van der Waals surface area contributed by atoms with Crippen molar-refractivity contribution in [1.82, 2.24) is 10.6 Å². The molecule has 2 aliphatic rings. The Hall–Kier alpha value is 0.270. The molecule has 1 heterocycles. The molecule has 19 heavy (non-hydrogen) atoms. The third kappa shape index (κ3) is 5.28. The Balaban J connectivity index is 1.61. The first kappa shape index (κ1) is 15.7. The van der Waals surface area contributed by atoms with Gasteiger partial charge in [-0.15, -0.1) is 0 Å². The average molecular weight is 285 g/mol. The van der Waals surface area contributed by atoms with E-state index in [-0.39, 0.29) is 0 Å². The number of unbranched alkanes of at least 4 members (excludes halogenated alkanes) is 2. The summed E-state index contributed by atoms with van der Waals surface area (Å²) in [5, 5.41) is 7.63. The van der Waals surface area contributed by atoms with Gasteiger partial charge in [-0.25, -0.2) is 0 Å². The molecule has 0 amide bonds. The molecule has 0 bridgehead atoms. The second kappa shape index (κ2) is 9.25. The summed E-state index contributed by atoms with van der Waals surface area (Å²) in [6.45, 7) is 2.49. The average Bonchev–Trinajstić information content (AvgIpc) is 2.92. The van der Waals surface area contributed by atoms with E-state index in [1.165, 1.54) is 76.6 Å². The summed E-state index contributed by atoms with van der Waals surface area (Å²) in [4.78, 5) is 0. The molecule has 2 nitrogen and oxygen atoms in total. The molecule has 0 aromatic carbocycles. The summed E-state index contributed by atoms with van der Waals surface area (Å²) in [5.74, 6) is 2.24. The Kier molecular flexibility index (Phi) is 7.62. The fourth-order valence-corrected chi connectivity index (χ4v) is 4.30. The van der Waals surface area contributed by atoms with Gasteiger partial charge < -0.3 is 10.6 Å². The lowest BCUT2D eigenvalue weighted by Crippen LogP contribution is -2.47. The van der Waals surface area contributed by atoms with Crippen LogP contribution in [0.25, 0.3) is 0 Å². The van der Waals surface area contributed by atoms with E-state index in [1.807, 2.05) is 11.8 Å². The first-order valence-corrected chi connectivity index (χ1v) is 9.77. The van der Waals surface area contributed by atoms with Gasteiger partial charge in [-0.1, -0.05) is 19.3 Å². The lowest BCUT2D eigenvalue weighted by molar-refractivity contribution is 0.257. The quantitative estimate of drug-likeness (QED) is 0.668. The molecule has 3 atom stereocenters. The molecule has 0 radical (unpaired) electrons. The van der Waals surface area contributed by atoms with E-state index in [1.54, 1.807) is 0 Å². The van der Waals surface area contributed by atoms with Crippen molar-refractivity contribution in [1.29, 1.82) is 0 Å². The summed E-state index contributed by atoms with van der Waals surface area (Å²) in [7, 11) is 0. The summed E-state index contributed by atoms with van der Waals surface area (Å²) < 4.78 is 0. The molecule has 1 aliphatic heterocycles. The van der Waals surface area contributed by atoms with Gasteiger partial charge in [-0.2, -0.15) is 11.8 Å². The Labute approximate surface area is 123 Å². The van der Waals surface area contributed by atoms with E-state index < -0.39 is 0 Å². The molecule has 112 valence electrons. The number of thioether (sulfide) groups is 1. The zero-order chi connectivity index (χ0) is 13.3. The lowest BCUT2D eigenvalue weighted by atomic mass is 9.88. The molecule has 3 unspecified atom stereocenters. The SMILES string of the molecule is CSCCCCCNC1CCCC1C1CCCCN1. The van der Waals surface area contributed by atoms with Gasteiger partial charge in [-0.3, -0.25) is 0 Å². The van der Waals surface area contributed by atoms with Crippen LogP contribution in [0.3, 0.4) is 0 Å². The highest BCUT2D eigenvalue weighted by Crippen LogP contribution is 2.31. The van der Waals surface area contributed by atoms with Crippen LogP contribution in [0.5, 0.6) is 0 Å². The number of rotatable bonds is 8. The molecule has 0 aromatic rings. The van der Waals surface area contributed by atoms with Gasteiger partial charge in [-0.05, 0) is 69.5 Å². The van der Waals surface area contributed by atoms with Crippen molar-refractivity contribution in [2.75, 3.05) is 25.1 Å². The Morgan fingerprint density at radius 2 is 2.00 bits per heavy atom. The Morgan fingerprint density at radius 1 is 1.05 bits per heavy atom. The van der Waals surface area contributed by atoms with E-state index in [0.717, 1.165) is 18.0 Å². The molecule has 2 fully saturated rings. The fourth-order valence-electron chi connectivity index (χ4n) is 3.80. The Bertz CT molecular complexity index is 229. The van der Waals surface area contributed by atoms with Gasteiger partial charge >= 0.3 is 0 Å². The first-order chi connectivity index (χ1) is 9.42. The van der Waals surface area contributed by atoms with Gasteiger partial charge in [0.25, 0.3) is 0 Å². The van der Waals surface area contributed by atoms with Crippen LogP contribution in [-0.2, 0) is 0 Å². The van der Waals surface area contributed by atoms with Crippen molar-refractivity contribution in [2.24, 2.45) is 5.92 Å². The van der Waals surface area contributed by atoms with Crippen molar-refractivity contribution in [3.8, 4) is 0 Å². The topological polar surface area (TPSA) is 24.1 Å². The predicted molar refractivity (Wildman–Crippen MR) is 87.0 cm³/mol. The molecular formula is C16H32N2S. The second-order valence-electron chi connectivity index (χ2n) is 6.27. The van der Waals surface area contributed by atoms with Crippen LogP contribution in [-0.4, -0.2) is 37.2 Å². The highest BCUT2D eigenvalue weighted by Gasteiger charge is 2.33. The minimum atomic E-state index is 0.802. The number of piperidine rings is 1. The van der Waals surface area contributed by atoms with E-state index in [2.05, 4.69) is 16.9 Å². The standard InChI is InChI=1S/C16H32N2S/c1-19-13-6-2-4-11-17-16-10-7-8-14(16)15-9-3-5-12-18-15/h14-18H,2-13H2,1H3. The minimum Gasteiger partial charge on any atom is -0.314 e. The van der Waals surface area contributed by atoms with Crippen molar-refractivity contribution in [3.05, 3.63) is 0 Å². The zero-order valence-corrected chi connectivity index (χ0v) is 13.4. The van der Waals surface area contributed by atoms with E-state index in [0.29, 0.717) is 0 Å². The summed E-state index contributed by atoms with van der Waals surface area (Å²) in [6, 6.07) is 1.61. The lowest BCUT2D eigenvalue weighted by Gasteiger charge is -2.33. The van der Waals surface area contributed by atoms with Crippen LogP contribution >= 0.6 is 11.8 Å². The van der Waals surface area contributed by atoms with E-state index in [9.17, 15) is 0 Å². The third-order valence-corrected chi connectivity index (χ3v) is 5.56. The maximum atomic E-state index is 3.86. The minimum absolute atomic E-state index is 0.802. The van der Waals surface area contributed by atoms with Crippen molar-refractivity contribution < 1.29 is 0 Å². The first-order valence-electron chi connectivity index (χ1n) is 8.37. The van der Waals surface area contributed by atoms with Crippen molar-refractivity contribution in [2.45, 2.75) is 69.9 Å². The highest BCUT2D eigenvalue weighted by atomic mass is 32.2. The monoisotopic (exact) mass is 284 g/mol. The van der Waals surface area contributed by atoms with Crippen molar-refractivity contribution >= 4 is 11.8 Å². The van der Waals surface area contributed by atoms with Crippen molar-refractivity contribution in [3.63, 3.8) is 0 Å². The maximum absolute atomic E-state index is 3.86. The van der Waals surface area contributed by atoms with E-state index >= 15 is 0 Å². The maximum Gasteiger partial charge on any atom is 0.0110 e. The summed E-state index contributed by atoms with van der Waals surface area (Å²) >= 11 is 1.98. The number of nitrogens with one attached hydrogen (secondary N) is 2. The smallest absolute Gasteiger partial charge is 0.0110 e. The third-order valence-electron chi connectivity index (χ3n) is 4.87. The molecule has 2 rings (SSSR count). The van der Waals surface area contributed by atoms with Crippen LogP contribution in [0.4, 0.5) is 0 Å². The van der Waals surface area contributed by atoms with Crippen LogP contribution in [0.1, 0.15) is 57.8 Å². The second-order valence-corrected chi connectivity index (χ2v) is 7.25. The highest BCUT2D eigenvalue weighted by molar-refractivity contribution is 7.98. The largest absolute Gasteiger partial charge is 0.314 e. The molecule has 0 spiro atoms. The summed E-state index contributed by atoms with van der Waals surface area (Å²) in [5.41, 5.74) is 0. The van der Waals surface area contributed by atoms with Gasteiger partial charge in [0.1, 0.15) is 0 Å². The molecule has 1 aliphatic carbocycles. The zero-order valence-electron chi connectivity index (χ0n) is 12.6. The van der Waals surface area contributed by atoms with Gasteiger partial charge in [0.2, 0.25) is 0 Å². The van der Waals surface area contributed by atoms with Crippen LogP contribution in [0, 0.1) is 5.92 Å². The molecule has 1 saturated heterocycles. The summed E-state index contributed by atoms with van der Waals surface area (Å²) in [6.07, 6.45) is 14.9. The van der Waals surface area contributed by atoms with Crippen LogP contribution in [0.2, 0.25) is 0 Å². The van der Waals surface area contributed by atoms with Gasteiger partial charge in [0.15, 0.2) is 0 Å². The van der Waals surface area contributed by atoms with Gasteiger partial charge in [0.05, 0.1) is 0 Å². The van der Waals surface area contributed by atoms with E-state index in [4.69, 9.17) is 0 Å². The fraction of sp³-hybridized carbons (Fsp3) is 1.00. The molecular weight excluding hydrogens is 252 g/mol.